The van der Waals surface area contributed by atoms with E-state index in [1.54, 1.807) is 0 Å². The Bertz CT molecular complexity index is 391. The highest BCUT2D eigenvalue weighted by atomic mass is 15.2. The SMILES string of the molecule is CC1CCC(Nc2ccnc(N(C)C)n2)C(C)C1. The van der Waals surface area contributed by atoms with Gasteiger partial charge in [0.1, 0.15) is 5.82 Å². The second-order valence-corrected chi connectivity index (χ2v) is 5.78. The van der Waals surface area contributed by atoms with Crippen LogP contribution in [0.15, 0.2) is 12.3 Å². The summed E-state index contributed by atoms with van der Waals surface area (Å²) < 4.78 is 0. The van der Waals surface area contributed by atoms with Crippen molar-refractivity contribution in [1.29, 1.82) is 0 Å². The zero-order valence-corrected chi connectivity index (χ0v) is 11.8. The van der Waals surface area contributed by atoms with E-state index in [0.29, 0.717) is 12.0 Å². The number of hydrogen-bond donors (Lipinski definition) is 1. The van der Waals surface area contributed by atoms with Crippen molar-refractivity contribution in [2.24, 2.45) is 11.8 Å². The molecule has 1 N–H and O–H groups in total. The van der Waals surface area contributed by atoms with Gasteiger partial charge in [0, 0.05) is 26.3 Å². The van der Waals surface area contributed by atoms with Gasteiger partial charge in [0.2, 0.25) is 5.95 Å². The lowest BCUT2D eigenvalue weighted by molar-refractivity contribution is 0.276. The van der Waals surface area contributed by atoms with Gasteiger partial charge < -0.3 is 10.2 Å². The van der Waals surface area contributed by atoms with Gasteiger partial charge in [-0.1, -0.05) is 13.8 Å². The minimum atomic E-state index is 0.547. The second-order valence-electron chi connectivity index (χ2n) is 5.78. The number of anilines is 2. The second kappa shape index (κ2) is 5.55. The third-order valence-electron chi connectivity index (χ3n) is 3.81. The molecule has 0 spiro atoms. The van der Waals surface area contributed by atoms with Crippen molar-refractivity contribution in [3.05, 3.63) is 12.3 Å². The normalized spacial score (nSPS) is 27.9. The van der Waals surface area contributed by atoms with Gasteiger partial charge in [-0.3, -0.25) is 0 Å². The van der Waals surface area contributed by atoms with Gasteiger partial charge >= 0.3 is 0 Å². The Balaban J connectivity index is 2.02. The molecule has 0 saturated heterocycles. The van der Waals surface area contributed by atoms with Crippen molar-refractivity contribution >= 4 is 11.8 Å². The first-order chi connectivity index (χ1) is 8.56. The Hall–Kier alpha value is -1.32. The fraction of sp³-hybridized carbons (Fsp3) is 0.714. The molecule has 1 aliphatic rings. The molecule has 1 aromatic heterocycles. The summed E-state index contributed by atoms with van der Waals surface area (Å²) in [6, 6.07) is 2.50. The topological polar surface area (TPSA) is 41.1 Å². The molecule has 0 amide bonds. The van der Waals surface area contributed by atoms with Crippen LogP contribution in [0, 0.1) is 11.8 Å². The van der Waals surface area contributed by atoms with E-state index in [4.69, 9.17) is 0 Å². The first kappa shape index (κ1) is 13.1. The van der Waals surface area contributed by atoms with E-state index in [1.807, 2.05) is 31.3 Å². The van der Waals surface area contributed by atoms with E-state index in [9.17, 15) is 0 Å². The highest BCUT2D eigenvalue weighted by Crippen LogP contribution is 2.30. The highest BCUT2D eigenvalue weighted by molar-refractivity contribution is 5.41. The molecule has 1 aromatic rings. The Morgan fingerprint density at radius 2 is 2.06 bits per heavy atom. The fourth-order valence-electron chi connectivity index (χ4n) is 2.71. The Labute approximate surface area is 110 Å². The molecule has 100 valence electrons. The van der Waals surface area contributed by atoms with Crippen LogP contribution in [-0.4, -0.2) is 30.1 Å². The Morgan fingerprint density at radius 1 is 1.28 bits per heavy atom. The predicted molar refractivity (Wildman–Crippen MR) is 75.9 cm³/mol. The average molecular weight is 248 g/mol. The number of hydrogen-bond acceptors (Lipinski definition) is 4. The molecule has 3 atom stereocenters. The molecule has 4 nitrogen and oxygen atoms in total. The van der Waals surface area contributed by atoms with Crippen molar-refractivity contribution in [2.45, 2.75) is 39.2 Å². The molecule has 1 aliphatic carbocycles. The number of rotatable bonds is 3. The predicted octanol–water partition coefficient (Wildman–Crippen LogP) is 2.78. The first-order valence-electron chi connectivity index (χ1n) is 6.83. The summed E-state index contributed by atoms with van der Waals surface area (Å²) in [6.07, 6.45) is 5.68. The molecule has 0 aromatic carbocycles. The van der Waals surface area contributed by atoms with Gasteiger partial charge in [-0.2, -0.15) is 4.98 Å². The van der Waals surface area contributed by atoms with Crippen molar-refractivity contribution in [3.63, 3.8) is 0 Å². The first-order valence-corrected chi connectivity index (χ1v) is 6.83. The minimum absolute atomic E-state index is 0.547. The van der Waals surface area contributed by atoms with Crippen LogP contribution >= 0.6 is 0 Å². The standard InChI is InChI=1S/C14H24N4/c1-10-5-6-12(11(2)9-10)16-13-7-8-15-14(17-13)18(3)4/h7-8,10-12H,5-6,9H2,1-4H3,(H,15,16,17). The van der Waals surface area contributed by atoms with E-state index in [0.717, 1.165) is 17.7 Å². The summed E-state index contributed by atoms with van der Waals surface area (Å²) in [5.74, 6) is 3.28. The number of nitrogens with zero attached hydrogens (tertiary/aromatic N) is 3. The zero-order valence-electron chi connectivity index (χ0n) is 11.8. The third kappa shape index (κ3) is 3.12. The fourth-order valence-corrected chi connectivity index (χ4v) is 2.71. The van der Waals surface area contributed by atoms with Crippen LogP contribution in [-0.2, 0) is 0 Å². The average Bonchev–Trinajstić information content (AvgIpc) is 2.33. The highest BCUT2D eigenvalue weighted by Gasteiger charge is 2.25. The van der Waals surface area contributed by atoms with Crippen molar-refractivity contribution in [1.82, 2.24) is 9.97 Å². The van der Waals surface area contributed by atoms with Gasteiger partial charge in [0.05, 0.1) is 0 Å². The Morgan fingerprint density at radius 3 is 2.72 bits per heavy atom. The summed E-state index contributed by atoms with van der Waals surface area (Å²) in [7, 11) is 3.92. The summed E-state index contributed by atoms with van der Waals surface area (Å²) in [4.78, 5) is 10.7. The molecule has 1 heterocycles. The van der Waals surface area contributed by atoms with Gasteiger partial charge in [-0.15, -0.1) is 0 Å². The van der Waals surface area contributed by atoms with E-state index < -0.39 is 0 Å². The van der Waals surface area contributed by atoms with Gasteiger partial charge in [0.25, 0.3) is 0 Å². The third-order valence-corrected chi connectivity index (χ3v) is 3.81. The number of aromatic nitrogens is 2. The molecular weight excluding hydrogens is 224 g/mol. The largest absolute Gasteiger partial charge is 0.367 e. The lowest BCUT2D eigenvalue weighted by Gasteiger charge is -2.33. The van der Waals surface area contributed by atoms with Crippen molar-refractivity contribution in [2.75, 3.05) is 24.3 Å². The van der Waals surface area contributed by atoms with Crippen LogP contribution < -0.4 is 10.2 Å². The smallest absolute Gasteiger partial charge is 0.226 e. The van der Waals surface area contributed by atoms with Crippen molar-refractivity contribution < 1.29 is 0 Å². The maximum absolute atomic E-state index is 4.52. The molecule has 4 heteroatoms. The van der Waals surface area contributed by atoms with E-state index in [1.165, 1.54) is 19.3 Å². The van der Waals surface area contributed by atoms with Crippen LogP contribution in [0.1, 0.15) is 33.1 Å². The lowest BCUT2D eigenvalue weighted by Crippen LogP contribution is -2.33. The molecule has 1 saturated carbocycles. The molecule has 3 unspecified atom stereocenters. The summed E-state index contributed by atoms with van der Waals surface area (Å²) >= 11 is 0. The maximum Gasteiger partial charge on any atom is 0.226 e. The molecular formula is C14H24N4. The summed E-state index contributed by atoms with van der Waals surface area (Å²) in [5, 5.41) is 3.57. The quantitative estimate of drug-likeness (QED) is 0.893. The van der Waals surface area contributed by atoms with Crippen LogP contribution in [0.3, 0.4) is 0 Å². The Kier molecular flexibility index (Phi) is 4.04. The van der Waals surface area contributed by atoms with Crippen LogP contribution in [0.4, 0.5) is 11.8 Å². The molecule has 1 fully saturated rings. The van der Waals surface area contributed by atoms with Crippen LogP contribution in [0.2, 0.25) is 0 Å². The monoisotopic (exact) mass is 248 g/mol. The lowest BCUT2D eigenvalue weighted by atomic mass is 9.80. The van der Waals surface area contributed by atoms with Crippen LogP contribution in [0.5, 0.6) is 0 Å². The molecule has 0 bridgehead atoms. The molecule has 0 aliphatic heterocycles. The number of nitrogens with one attached hydrogen (secondary N) is 1. The molecule has 0 radical (unpaired) electrons. The van der Waals surface area contributed by atoms with E-state index in [-0.39, 0.29) is 0 Å². The van der Waals surface area contributed by atoms with Gasteiger partial charge in [-0.25, -0.2) is 4.98 Å². The van der Waals surface area contributed by atoms with Gasteiger partial charge in [-0.05, 0) is 37.2 Å². The minimum Gasteiger partial charge on any atom is -0.367 e. The van der Waals surface area contributed by atoms with Crippen molar-refractivity contribution in [3.8, 4) is 0 Å². The van der Waals surface area contributed by atoms with Gasteiger partial charge in [0.15, 0.2) is 0 Å². The van der Waals surface area contributed by atoms with Crippen LogP contribution in [0.25, 0.3) is 0 Å². The maximum atomic E-state index is 4.52. The molecule has 18 heavy (non-hydrogen) atoms. The van der Waals surface area contributed by atoms with E-state index in [2.05, 4.69) is 29.1 Å². The van der Waals surface area contributed by atoms with E-state index >= 15 is 0 Å². The summed E-state index contributed by atoms with van der Waals surface area (Å²) in [6.45, 7) is 4.68. The zero-order chi connectivity index (χ0) is 13.1. The molecule has 2 rings (SSSR count). The summed E-state index contributed by atoms with van der Waals surface area (Å²) in [5.41, 5.74) is 0.